The van der Waals surface area contributed by atoms with E-state index >= 15 is 0 Å². The third kappa shape index (κ3) is 4.39. The molecule has 2 aromatic carbocycles. The molecule has 0 spiro atoms. The molecule has 0 saturated carbocycles. The highest BCUT2D eigenvalue weighted by Gasteiger charge is 2.37. The number of carbonyl (C=O) groups excluding carboxylic acids is 1. The van der Waals surface area contributed by atoms with Gasteiger partial charge in [0.2, 0.25) is 11.1 Å². The van der Waals surface area contributed by atoms with E-state index in [9.17, 15) is 4.79 Å². The highest BCUT2D eigenvalue weighted by Crippen LogP contribution is 2.38. The van der Waals surface area contributed by atoms with Crippen molar-refractivity contribution in [1.29, 1.82) is 0 Å². The van der Waals surface area contributed by atoms with Gasteiger partial charge in [-0.1, -0.05) is 55.9 Å². The average molecular weight is 438 g/mol. The molecule has 1 aliphatic rings. The SMILES string of the molecule is CCOc1ccc(C2Nn3c(CC)nnc3SC2C(=O)Nc2ccccc2CC)cc1. The van der Waals surface area contributed by atoms with Gasteiger partial charge in [-0.05, 0) is 42.7 Å². The molecule has 162 valence electrons. The molecular weight excluding hydrogens is 410 g/mol. The Morgan fingerprint density at radius 2 is 1.87 bits per heavy atom. The molecule has 4 rings (SSSR count). The standard InChI is InChI=1S/C23H27N5O2S/c1-4-15-9-7-8-10-18(15)24-22(29)21-20(16-11-13-17(14-12-16)30-6-3)27-28-19(5-2)25-26-23(28)31-21/h7-14,20-21,27H,4-6H2,1-3H3,(H,24,29). The minimum atomic E-state index is -0.413. The number of nitrogens with one attached hydrogen (secondary N) is 2. The summed E-state index contributed by atoms with van der Waals surface area (Å²) in [6.45, 7) is 6.69. The lowest BCUT2D eigenvalue weighted by atomic mass is 10.0. The Balaban J connectivity index is 1.66. The largest absolute Gasteiger partial charge is 0.494 e. The van der Waals surface area contributed by atoms with Gasteiger partial charge in [0.05, 0.1) is 12.6 Å². The zero-order valence-electron chi connectivity index (χ0n) is 18.0. The molecule has 0 saturated heterocycles. The maximum atomic E-state index is 13.4. The first-order valence-electron chi connectivity index (χ1n) is 10.6. The first-order valence-corrected chi connectivity index (χ1v) is 11.5. The molecule has 0 radical (unpaired) electrons. The molecule has 2 unspecified atom stereocenters. The first-order chi connectivity index (χ1) is 15.1. The maximum absolute atomic E-state index is 13.4. The second-order valence-electron chi connectivity index (χ2n) is 7.23. The molecule has 31 heavy (non-hydrogen) atoms. The molecule has 8 heteroatoms. The summed E-state index contributed by atoms with van der Waals surface area (Å²) in [5.74, 6) is 1.59. The van der Waals surface area contributed by atoms with Crippen LogP contribution in [0.4, 0.5) is 5.69 Å². The van der Waals surface area contributed by atoms with E-state index in [1.54, 1.807) is 0 Å². The first kappa shape index (κ1) is 21.2. The van der Waals surface area contributed by atoms with Crippen LogP contribution in [0.2, 0.25) is 0 Å². The molecule has 0 aliphatic carbocycles. The summed E-state index contributed by atoms with van der Waals surface area (Å²) in [7, 11) is 0. The van der Waals surface area contributed by atoms with E-state index in [0.29, 0.717) is 11.8 Å². The highest BCUT2D eigenvalue weighted by atomic mass is 32.2. The minimum Gasteiger partial charge on any atom is -0.494 e. The lowest BCUT2D eigenvalue weighted by Crippen LogP contribution is -2.41. The second kappa shape index (κ2) is 9.43. The summed E-state index contributed by atoms with van der Waals surface area (Å²) < 4.78 is 7.48. The zero-order valence-corrected chi connectivity index (χ0v) is 18.8. The van der Waals surface area contributed by atoms with Gasteiger partial charge in [-0.25, -0.2) is 4.68 Å². The molecule has 7 nitrogen and oxygen atoms in total. The Kier molecular flexibility index (Phi) is 6.46. The van der Waals surface area contributed by atoms with Gasteiger partial charge >= 0.3 is 0 Å². The fraction of sp³-hybridized carbons (Fsp3) is 0.348. The van der Waals surface area contributed by atoms with Crippen molar-refractivity contribution in [2.24, 2.45) is 0 Å². The van der Waals surface area contributed by atoms with Crippen LogP contribution < -0.4 is 15.5 Å². The molecule has 3 aromatic rings. The third-order valence-corrected chi connectivity index (χ3v) is 6.50. The normalized spacial score (nSPS) is 17.5. The van der Waals surface area contributed by atoms with E-state index in [1.165, 1.54) is 11.8 Å². The number of nitrogens with zero attached hydrogens (tertiary/aromatic N) is 3. The highest BCUT2D eigenvalue weighted by molar-refractivity contribution is 8.00. The Labute approximate surface area is 186 Å². The van der Waals surface area contributed by atoms with Gasteiger partial charge in [-0.15, -0.1) is 10.2 Å². The van der Waals surface area contributed by atoms with E-state index in [4.69, 9.17) is 4.74 Å². The lowest BCUT2D eigenvalue weighted by Gasteiger charge is -2.33. The van der Waals surface area contributed by atoms with Crippen LogP contribution in [0.25, 0.3) is 0 Å². The number of thioether (sulfide) groups is 1. The minimum absolute atomic E-state index is 0.0652. The van der Waals surface area contributed by atoms with Crippen LogP contribution >= 0.6 is 11.8 Å². The quantitative estimate of drug-likeness (QED) is 0.577. The number of aromatic nitrogens is 3. The van der Waals surface area contributed by atoms with Crippen LogP contribution in [0.1, 0.15) is 43.8 Å². The number of hydrogen-bond acceptors (Lipinski definition) is 6. The third-order valence-electron chi connectivity index (χ3n) is 5.28. The number of fused-ring (bicyclic) bond motifs is 1. The number of anilines is 1. The van der Waals surface area contributed by atoms with Crippen molar-refractivity contribution in [3.8, 4) is 5.75 Å². The number of ether oxygens (including phenoxy) is 1. The number of benzene rings is 2. The van der Waals surface area contributed by atoms with Crippen molar-refractivity contribution in [3.05, 3.63) is 65.5 Å². The van der Waals surface area contributed by atoms with Crippen LogP contribution in [-0.4, -0.2) is 32.6 Å². The van der Waals surface area contributed by atoms with Crippen molar-refractivity contribution in [1.82, 2.24) is 14.9 Å². The summed E-state index contributed by atoms with van der Waals surface area (Å²) in [5.41, 5.74) is 6.44. The van der Waals surface area contributed by atoms with E-state index in [0.717, 1.165) is 41.2 Å². The van der Waals surface area contributed by atoms with Crippen molar-refractivity contribution in [2.75, 3.05) is 17.3 Å². The van der Waals surface area contributed by atoms with Gasteiger partial charge in [-0.2, -0.15) is 0 Å². The maximum Gasteiger partial charge on any atom is 0.240 e. The molecule has 1 amide bonds. The molecular formula is C23H27N5O2S. The van der Waals surface area contributed by atoms with Gasteiger partial charge in [-0.3, -0.25) is 4.79 Å². The molecule has 0 bridgehead atoms. The van der Waals surface area contributed by atoms with Crippen molar-refractivity contribution >= 4 is 23.4 Å². The van der Waals surface area contributed by atoms with Gasteiger partial charge in [0.1, 0.15) is 11.0 Å². The summed E-state index contributed by atoms with van der Waals surface area (Å²) in [4.78, 5) is 13.4. The van der Waals surface area contributed by atoms with Crippen LogP contribution in [0.3, 0.4) is 0 Å². The zero-order chi connectivity index (χ0) is 21.8. The number of carbonyl (C=O) groups is 1. The van der Waals surface area contributed by atoms with Gasteiger partial charge in [0.25, 0.3) is 0 Å². The second-order valence-corrected chi connectivity index (χ2v) is 8.34. The predicted octanol–water partition coefficient (Wildman–Crippen LogP) is 4.20. The topological polar surface area (TPSA) is 81.1 Å². The Morgan fingerprint density at radius 1 is 1.10 bits per heavy atom. The molecule has 0 fully saturated rings. The fourth-order valence-electron chi connectivity index (χ4n) is 3.67. The van der Waals surface area contributed by atoms with Crippen molar-refractivity contribution < 1.29 is 9.53 Å². The van der Waals surface area contributed by atoms with E-state index < -0.39 is 5.25 Å². The number of hydrogen-bond donors (Lipinski definition) is 2. The summed E-state index contributed by atoms with van der Waals surface area (Å²) in [6, 6.07) is 15.6. The Morgan fingerprint density at radius 3 is 2.58 bits per heavy atom. The van der Waals surface area contributed by atoms with Crippen LogP contribution in [-0.2, 0) is 17.6 Å². The number of para-hydroxylation sites is 1. The van der Waals surface area contributed by atoms with E-state index in [-0.39, 0.29) is 11.9 Å². The number of amides is 1. The molecule has 2 N–H and O–H groups in total. The van der Waals surface area contributed by atoms with Crippen LogP contribution in [0, 0.1) is 0 Å². The lowest BCUT2D eigenvalue weighted by molar-refractivity contribution is -0.116. The predicted molar refractivity (Wildman–Crippen MR) is 123 cm³/mol. The average Bonchev–Trinajstić information content (AvgIpc) is 3.21. The molecule has 2 atom stereocenters. The smallest absolute Gasteiger partial charge is 0.240 e. The Hall–Kier alpha value is -3.00. The van der Waals surface area contributed by atoms with Crippen LogP contribution in [0.5, 0.6) is 5.75 Å². The van der Waals surface area contributed by atoms with Crippen LogP contribution in [0.15, 0.2) is 53.7 Å². The van der Waals surface area contributed by atoms with Gasteiger partial charge < -0.3 is 15.5 Å². The summed E-state index contributed by atoms with van der Waals surface area (Å²) in [5, 5.41) is 12.0. The fourth-order valence-corrected chi connectivity index (χ4v) is 4.77. The molecule has 1 aromatic heterocycles. The molecule has 2 heterocycles. The molecule has 1 aliphatic heterocycles. The number of rotatable bonds is 7. The van der Waals surface area contributed by atoms with Crippen molar-refractivity contribution in [3.63, 3.8) is 0 Å². The summed E-state index contributed by atoms with van der Waals surface area (Å²) >= 11 is 1.43. The van der Waals surface area contributed by atoms with Crippen molar-refractivity contribution in [2.45, 2.75) is 50.1 Å². The van der Waals surface area contributed by atoms with E-state index in [1.807, 2.05) is 67.1 Å². The van der Waals surface area contributed by atoms with Gasteiger partial charge in [0, 0.05) is 12.1 Å². The Bertz CT molecular complexity index is 1050. The monoisotopic (exact) mass is 437 g/mol. The van der Waals surface area contributed by atoms with E-state index in [2.05, 4.69) is 27.9 Å². The van der Waals surface area contributed by atoms with Gasteiger partial charge in [0.15, 0.2) is 5.82 Å². The summed E-state index contributed by atoms with van der Waals surface area (Å²) in [6.07, 6.45) is 1.60. The number of aryl methyl sites for hydroxylation is 2.